The van der Waals surface area contributed by atoms with Gasteiger partial charge >= 0.3 is 0 Å². The predicted molar refractivity (Wildman–Crippen MR) is 83.3 cm³/mol. The smallest absolute Gasteiger partial charge is 0.263 e. The topological polar surface area (TPSA) is 84.0 Å². The molecule has 2 heterocycles. The third kappa shape index (κ3) is 3.01. The van der Waals surface area contributed by atoms with Gasteiger partial charge in [-0.25, -0.2) is 18.4 Å². The van der Waals surface area contributed by atoms with Gasteiger partial charge in [0.25, 0.3) is 10.0 Å². The SMILES string of the molecule is CCNc1cc(S(=O)(=O)Nc2nc3c(s2)CCC3)ccn1. The first-order valence-electron chi connectivity index (χ1n) is 6.80. The van der Waals surface area contributed by atoms with Gasteiger partial charge in [-0.2, -0.15) is 0 Å². The summed E-state index contributed by atoms with van der Waals surface area (Å²) in [6.45, 7) is 2.61. The Morgan fingerprint density at radius 1 is 1.38 bits per heavy atom. The molecule has 2 N–H and O–H groups in total. The summed E-state index contributed by atoms with van der Waals surface area (Å²) < 4.78 is 27.3. The van der Waals surface area contributed by atoms with Gasteiger partial charge in [-0.1, -0.05) is 0 Å². The molecule has 3 rings (SSSR count). The number of thiazole rings is 1. The van der Waals surface area contributed by atoms with Gasteiger partial charge in [0.1, 0.15) is 5.82 Å². The van der Waals surface area contributed by atoms with E-state index in [4.69, 9.17) is 0 Å². The summed E-state index contributed by atoms with van der Waals surface area (Å²) >= 11 is 1.43. The lowest BCUT2D eigenvalue weighted by molar-refractivity contribution is 0.601. The predicted octanol–water partition coefficient (Wildman–Crippen LogP) is 2.26. The normalized spacial score (nSPS) is 14.0. The Morgan fingerprint density at radius 3 is 3.00 bits per heavy atom. The highest BCUT2D eigenvalue weighted by atomic mass is 32.2. The molecule has 0 bridgehead atoms. The second kappa shape index (κ2) is 5.61. The molecule has 0 radical (unpaired) electrons. The van der Waals surface area contributed by atoms with Crippen molar-refractivity contribution < 1.29 is 8.42 Å². The fourth-order valence-corrected chi connectivity index (χ4v) is 4.56. The van der Waals surface area contributed by atoms with Crippen molar-refractivity contribution in [2.45, 2.75) is 31.1 Å². The van der Waals surface area contributed by atoms with E-state index in [0.717, 1.165) is 25.0 Å². The number of anilines is 2. The largest absolute Gasteiger partial charge is 0.370 e. The van der Waals surface area contributed by atoms with Crippen LogP contribution in [-0.4, -0.2) is 24.9 Å². The van der Waals surface area contributed by atoms with Crippen LogP contribution in [0, 0.1) is 0 Å². The Balaban J connectivity index is 1.84. The minimum atomic E-state index is -3.62. The molecule has 1 aliphatic rings. The van der Waals surface area contributed by atoms with E-state index in [-0.39, 0.29) is 4.90 Å². The van der Waals surface area contributed by atoms with Crippen LogP contribution in [0.15, 0.2) is 23.2 Å². The van der Waals surface area contributed by atoms with Gasteiger partial charge in [0.05, 0.1) is 10.6 Å². The number of hydrogen-bond donors (Lipinski definition) is 2. The van der Waals surface area contributed by atoms with Crippen molar-refractivity contribution in [2.75, 3.05) is 16.6 Å². The van der Waals surface area contributed by atoms with Crippen molar-refractivity contribution in [2.24, 2.45) is 0 Å². The molecule has 21 heavy (non-hydrogen) atoms. The number of nitrogens with zero attached hydrogens (tertiary/aromatic N) is 2. The average Bonchev–Trinajstić information content (AvgIpc) is 3.00. The molecule has 112 valence electrons. The fourth-order valence-electron chi connectivity index (χ4n) is 2.26. The van der Waals surface area contributed by atoms with E-state index in [1.165, 1.54) is 34.5 Å². The molecule has 0 amide bonds. The van der Waals surface area contributed by atoms with Gasteiger partial charge in [-0.05, 0) is 32.3 Å². The van der Waals surface area contributed by atoms with Crippen molar-refractivity contribution in [3.8, 4) is 0 Å². The van der Waals surface area contributed by atoms with Crippen LogP contribution in [0.5, 0.6) is 0 Å². The first kappa shape index (κ1) is 14.3. The summed E-state index contributed by atoms with van der Waals surface area (Å²) in [6, 6.07) is 3.00. The third-order valence-corrected chi connectivity index (χ3v) is 5.76. The Bertz CT molecular complexity index is 734. The number of aryl methyl sites for hydroxylation is 2. The lowest BCUT2D eigenvalue weighted by Gasteiger charge is -2.07. The van der Waals surface area contributed by atoms with Crippen LogP contribution in [-0.2, 0) is 22.9 Å². The van der Waals surface area contributed by atoms with Gasteiger partial charge in [-0.15, -0.1) is 11.3 Å². The number of rotatable bonds is 5. The lowest BCUT2D eigenvalue weighted by atomic mass is 10.4. The Hall–Kier alpha value is -1.67. The number of pyridine rings is 1. The van der Waals surface area contributed by atoms with Gasteiger partial charge in [0, 0.05) is 23.7 Å². The molecule has 0 fully saturated rings. The Kier molecular flexibility index (Phi) is 3.81. The van der Waals surface area contributed by atoms with Crippen LogP contribution in [0.3, 0.4) is 0 Å². The van der Waals surface area contributed by atoms with E-state index >= 15 is 0 Å². The molecule has 1 aliphatic carbocycles. The molecule has 6 nitrogen and oxygen atoms in total. The van der Waals surface area contributed by atoms with Gasteiger partial charge in [0.2, 0.25) is 0 Å². The maximum atomic E-state index is 12.4. The second-order valence-corrected chi connectivity index (χ2v) is 7.52. The summed E-state index contributed by atoms with van der Waals surface area (Å²) in [5.41, 5.74) is 1.03. The van der Waals surface area contributed by atoms with Gasteiger partial charge < -0.3 is 5.32 Å². The molecule has 0 saturated heterocycles. The van der Waals surface area contributed by atoms with E-state index in [2.05, 4.69) is 20.0 Å². The molecule has 0 aliphatic heterocycles. The quantitative estimate of drug-likeness (QED) is 0.881. The zero-order valence-corrected chi connectivity index (χ0v) is 13.2. The maximum Gasteiger partial charge on any atom is 0.263 e. The standard InChI is InChI=1S/C13H16N4O2S2/c1-2-14-12-8-9(6-7-15-12)21(18,19)17-13-16-10-4-3-5-11(10)20-13/h6-8H,2-5H2,1H3,(H,14,15)(H,16,17). The lowest BCUT2D eigenvalue weighted by Crippen LogP contribution is -2.13. The highest BCUT2D eigenvalue weighted by Crippen LogP contribution is 2.31. The zero-order valence-electron chi connectivity index (χ0n) is 11.6. The molecular formula is C13H16N4O2S2. The van der Waals surface area contributed by atoms with Crippen LogP contribution >= 0.6 is 11.3 Å². The van der Waals surface area contributed by atoms with Crippen LogP contribution < -0.4 is 10.0 Å². The second-order valence-electron chi connectivity index (χ2n) is 4.76. The van der Waals surface area contributed by atoms with Crippen LogP contribution in [0.2, 0.25) is 0 Å². The van der Waals surface area contributed by atoms with Gasteiger partial charge in [-0.3, -0.25) is 4.72 Å². The van der Waals surface area contributed by atoms with Crippen molar-refractivity contribution in [3.63, 3.8) is 0 Å². The molecule has 0 atom stereocenters. The van der Waals surface area contributed by atoms with E-state index in [9.17, 15) is 8.42 Å². The molecule has 0 spiro atoms. The zero-order chi connectivity index (χ0) is 14.9. The highest BCUT2D eigenvalue weighted by Gasteiger charge is 2.21. The average molecular weight is 324 g/mol. The molecular weight excluding hydrogens is 308 g/mol. The minimum Gasteiger partial charge on any atom is -0.370 e. The molecule has 0 unspecified atom stereocenters. The van der Waals surface area contributed by atoms with Gasteiger partial charge in [0.15, 0.2) is 5.13 Å². The van der Waals surface area contributed by atoms with Crippen molar-refractivity contribution >= 4 is 32.3 Å². The van der Waals surface area contributed by atoms with Crippen LogP contribution in [0.4, 0.5) is 10.9 Å². The monoisotopic (exact) mass is 324 g/mol. The third-order valence-electron chi connectivity index (χ3n) is 3.22. The Labute approximate surface area is 127 Å². The number of hydrogen-bond acceptors (Lipinski definition) is 6. The number of nitrogens with one attached hydrogen (secondary N) is 2. The first-order chi connectivity index (χ1) is 10.1. The molecule has 8 heteroatoms. The molecule has 2 aromatic heterocycles. The van der Waals surface area contributed by atoms with E-state index < -0.39 is 10.0 Å². The van der Waals surface area contributed by atoms with E-state index in [0.29, 0.717) is 17.5 Å². The summed E-state index contributed by atoms with van der Waals surface area (Å²) in [5, 5.41) is 3.44. The molecule has 0 saturated carbocycles. The van der Waals surface area contributed by atoms with E-state index in [1.807, 2.05) is 6.92 Å². The van der Waals surface area contributed by atoms with Crippen molar-refractivity contribution in [1.82, 2.24) is 9.97 Å². The summed E-state index contributed by atoms with van der Waals surface area (Å²) in [4.78, 5) is 9.81. The number of aromatic nitrogens is 2. The number of sulfonamides is 1. The number of fused-ring (bicyclic) bond motifs is 1. The molecule has 2 aromatic rings. The summed E-state index contributed by atoms with van der Waals surface area (Å²) in [7, 11) is -3.62. The van der Waals surface area contributed by atoms with Crippen LogP contribution in [0.1, 0.15) is 23.9 Å². The van der Waals surface area contributed by atoms with Crippen molar-refractivity contribution in [3.05, 3.63) is 28.9 Å². The fraction of sp³-hybridized carbons (Fsp3) is 0.385. The first-order valence-corrected chi connectivity index (χ1v) is 9.10. The van der Waals surface area contributed by atoms with Crippen molar-refractivity contribution in [1.29, 1.82) is 0 Å². The van der Waals surface area contributed by atoms with E-state index in [1.54, 1.807) is 0 Å². The van der Waals surface area contributed by atoms with Crippen LogP contribution in [0.25, 0.3) is 0 Å². The molecule has 0 aromatic carbocycles. The summed E-state index contributed by atoms with van der Waals surface area (Å²) in [6.07, 6.45) is 4.52. The Morgan fingerprint density at radius 2 is 2.24 bits per heavy atom. The summed E-state index contributed by atoms with van der Waals surface area (Å²) in [5.74, 6) is 0.544. The highest BCUT2D eigenvalue weighted by molar-refractivity contribution is 7.93. The maximum absolute atomic E-state index is 12.4. The minimum absolute atomic E-state index is 0.184.